The van der Waals surface area contributed by atoms with Crippen LogP contribution in [0.25, 0.3) is 10.8 Å². The van der Waals surface area contributed by atoms with Crippen LogP contribution in [0.15, 0.2) is 42.5 Å². The minimum Gasteiger partial charge on any atom is -0.377 e. The van der Waals surface area contributed by atoms with Crippen LogP contribution >= 0.6 is 0 Å². The molecule has 2 aromatic rings. The van der Waals surface area contributed by atoms with Gasteiger partial charge in [-0.05, 0) is 29.3 Å². The Labute approximate surface area is 84.3 Å². The van der Waals surface area contributed by atoms with E-state index in [9.17, 15) is 0 Å². The summed E-state index contributed by atoms with van der Waals surface area (Å²) in [6.45, 7) is 4.81. The van der Waals surface area contributed by atoms with Crippen LogP contribution in [-0.4, -0.2) is 6.61 Å². The summed E-state index contributed by atoms with van der Waals surface area (Å²) in [5, 5.41) is 2.53. The van der Waals surface area contributed by atoms with Crippen molar-refractivity contribution in [2.75, 3.05) is 6.61 Å². The Morgan fingerprint density at radius 2 is 1.79 bits per heavy atom. The lowest BCUT2D eigenvalue weighted by molar-refractivity contribution is 0.147. The van der Waals surface area contributed by atoms with Gasteiger partial charge in [0.1, 0.15) is 0 Å². The van der Waals surface area contributed by atoms with Crippen molar-refractivity contribution in [3.8, 4) is 0 Å². The van der Waals surface area contributed by atoms with Crippen molar-refractivity contribution >= 4 is 10.8 Å². The van der Waals surface area contributed by atoms with Crippen LogP contribution in [0.5, 0.6) is 0 Å². The minimum absolute atomic E-state index is 0.521. The number of rotatable bonds is 3. The average Bonchev–Trinajstić information content (AvgIpc) is 2.26. The molecule has 1 nitrogen and oxygen atoms in total. The molecule has 2 rings (SSSR count). The molecule has 0 fully saturated rings. The normalized spacial score (nSPS) is 10.6. The number of fused-ring (bicyclic) bond motifs is 1. The van der Waals surface area contributed by atoms with E-state index in [1.807, 2.05) is 6.07 Å². The van der Waals surface area contributed by atoms with Gasteiger partial charge in [-0.2, -0.15) is 0 Å². The van der Waals surface area contributed by atoms with Crippen LogP contribution in [0.4, 0.5) is 0 Å². The minimum atomic E-state index is 0.521. The molecule has 0 aliphatic rings. The van der Waals surface area contributed by atoms with Gasteiger partial charge in [-0.15, -0.1) is 0 Å². The molecule has 0 atom stereocenters. The van der Waals surface area contributed by atoms with E-state index in [1.165, 1.54) is 16.3 Å². The number of hydrogen-bond donors (Lipinski definition) is 0. The predicted molar refractivity (Wildman–Crippen MR) is 59.0 cm³/mol. The topological polar surface area (TPSA) is 9.23 Å². The Morgan fingerprint density at radius 3 is 2.57 bits per heavy atom. The molecule has 0 aliphatic heterocycles. The first-order valence-corrected chi connectivity index (χ1v) is 4.75. The van der Waals surface area contributed by atoms with E-state index in [2.05, 4.69) is 43.3 Å². The maximum absolute atomic E-state index is 5.26. The monoisotopic (exact) mass is 185 g/mol. The Balaban J connectivity index is 2.32. The van der Waals surface area contributed by atoms with Crippen molar-refractivity contribution < 1.29 is 4.74 Å². The summed E-state index contributed by atoms with van der Waals surface area (Å²) in [7, 11) is 0. The van der Waals surface area contributed by atoms with E-state index in [0.29, 0.717) is 13.2 Å². The fraction of sp³-hybridized carbons (Fsp3) is 0.154. The van der Waals surface area contributed by atoms with Crippen molar-refractivity contribution in [3.63, 3.8) is 0 Å². The lowest BCUT2D eigenvalue weighted by atomic mass is 10.1. The van der Waals surface area contributed by atoms with E-state index >= 15 is 0 Å². The van der Waals surface area contributed by atoms with Crippen molar-refractivity contribution in [3.05, 3.63) is 55.0 Å². The lowest BCUT2D eigenvalue weighted by Gasteiger charge is -2.03. The summed E-state index contributed by atoms with van der Waals surface area (Å²) < 4.78 is 5.26. The average molecular weight is 185 g/mol. The second kappa shape index (κ2) is 4.25. The van der Waals surface area contributed by atoms with E-state index in [1.54, 1.807) is 0 Å². The second-order valence-corrected chi connectivity index (χ2v) is 3.23. The first-order valence-electron chi connectivity index (χ1n) is 4.75. The molecule has 0 aliphatic carbocycles. The molecule has 0 N–H and O–H groups in total. The van der Waals surface area contributed by atoms with E-state index in [0.717, 1.165) is 0 Å². The Hall–Kier alpha value is -1.34. The second-order valence-electron chi connectivity index (χ2n) is 3.23. The molecule has 2 aromatic carbocycles. The summed E-state index contributed by atoms with van der Waals surface area (Å²) in [6, 6.07) is 14.7. The molecule has 0 amide bonds. The van der Waals surface area contributed by atoms with Gasteiger partial charge in [0.25, 0.3) is 0 Å². The van der Waals surface area contributed by atoms with E-state index in [4.69, 9.17) is 4.74 Å². The van der Waals surface area contributed by atoms with E-state index in [-0.39, 0.29) is 0 Å². The summed E-state index contributed by atoms with van der Waals surface area (Å²) in [6.07, 6.45) is 0. The highest BCUT2D eigenvalue weighted by Crippen LogP contribution is 2.15. The fourth-order valence-corrected chi connectivity index (χ4v) is 1.52. The smallest absolute Gasteiger partial charge is 0.0717 e. The maximum atomic E-state index is 5.26. The highest BCUT2D eigenvalue weighted by molar-refractivity contribution is 5.82. The van der Waals surface area contributed by atoms with Crippen molar-refractivity contribution in [1.82, 2.24) is 0 Å². The van der Waals surface area contributed by atoms with Crippen LogP contribution in [0, 0.1) is 6.92 Å². The number of ether oxygens (including phenoxy) is 1. The van der Waals surface area contributed by atoms with Gasteiger partial charge in [0, 0.05) is 6.61 Å². The standard InChI is InChI=1S/C13H13O/c1-2-14-10-11-7-8-12-5-3-4-6-13(12)9-11/h3-9H,1-2,10H2. The Kier molecular flexibility index (Phi) is 2.80. The number of hydrogen-bond acceptors (Lipinski definition) is 1. The zero-order valence-electron chi connectivity index (χ0n) is 8.07. The summed E-state index contributed by atoms with van der Waals surface area (Å²) in [4.78, 5) is 0. The van der Waals surface area contributed by atoms with Gasteiger partial charge in [0.15, 0.2) is 0 Å². The Morgan fingerprint density at radius 1 is 1.00 bits per heavy atom. The molecule has 1 heteroatoms. The molecule has 0 unspecified atom stereocenters. The molecule has 0 saturated carbocycles. The zero-order valence-corrected chi connectivity index (χ0v) is 8.07. The zero-order chi connectivity index (χ0) is 9.80. The largest absolute Gasteiger partial charge is 0.377 e. The SMILES string of the molecule is [CH2]COCc1ccc2ccccc2c1. The summed E-state index contributed by atoms with van der Waals surface area (Å²) in [5.74, 6) is 0. The van der Waals surface area contributed by atoms with Gasteiger partial charge in [-0.3, -0.25) is 0 Å². The maximum Gasteiger partial charge on any atom is 0.0717 e. The predicted octanol–water partition coefficient (Wildman–Crippen LogP) is 3.19. The van der Waals surface area contributed by atoms with E-state index < -0.39 is 0 Å². The van der Waals surface area contributed by atoms with Gasteiger partial charge < -0.3 is 4.74 Å². The molecule has 14 heavy (non-hydrogen) atoms. The molecule has 0 heterocycles. The summed E-state index contributed by atoms with van der Waals surface area (Å²) >= 11 is 0. The lowest BCUT2D eigenvalue weighted by Crippen LogP contribution is -1.91. The molecule has 0 bridgehead atoms. The Bertz CT molecular complexity index is 420. The van der Waals surface area contributed by atoms with Gasteiger partial charge in [0.05, 0.1) is 6.61 Å². The van der Waals surface area contributed by atoms with Crippen molar-refractivity contribution in [2.24, 2.45) is 0 Å². The number of benzene rings is 2. The van der Waals surface area contributed by atoms with Crippen LogP contribution in [0.3, 0.4) is 0 Å². The highest BCUT2D eigenvalue weighted by Gasteiger charge is 1.95. The van der Waals surface area contributed by atoms with Crippen molar-refractivity contribution in [1.29, 1.82) is 0 Å². The van der Waals surface area contributed by atoms with Crippen LogP contribution in [-0.2, 0) is 11.3 Å². The quantitative estimate of drug-likeness (QED) is 0.713. The third-order valence-corrected chi connectivity index (χ3v) is 2.23. The van der Waals surface area contributed by atoms with Crippen LogP contribution < -0.4 is 0 Å². The highest BCUT2D eigenvalue weighted by atomic mass is 16.5. The first kappa shape index (κ1) is 9.22. The van der Waals surface area contributed by atoms with Gasteiger partial charge in [0.2, 0.25) is 0 Å². The third kappa shape index (κ3) is 1.94. The molecule has 1 radical (unpaired) electrons. The fourth-order valence-electron chi connectivity index (χ4n) is 1.52. The van der Waals surface area contributed by atoms with Gasteiger partial charge in [-0.25, -0.2) is 0 Å². The molecular formula is C13H13O. The summed E-state index contributed by atoms with van der Waals surface area (Å²) in [5.41, 5.74) is 1.20. The van der Waals surface area contributed by atoms with Gasteiger partial charge >= 0.3 is 0 Å². The molecule has 0 aromatic heterocycles. The third-order valence-electron chi connectivity index (χ3n) is 2.23. The van der Waals surface area contributed by atoms with Crippen LogP contribution in [0.1, 0.15) is 5.56 Å². The molecular weight excluding hydrogens is 172 g/mol. The molecule has 71 valence electrons. The first-order chi connectivity index (χ1) is 6.90. The van der Waals surface area contributed by atoms with Crippen LogP contribution in [0.2, 0.25) is 0 Å². The van der Waals surface area contributed by atoms with Crippen molar-refractivity contribution in [2.45, 2.75) is 6.61 Å². The van der Waals surface area contributed by atoms with Gasteiger partial charge in [-0.1, -0.05) is 36.4 Å². The molecule has 0 saturated heterocycles. The molecule has 0 spiro atoms.